The number of rotatable bonds is 3. The van der Waals surface area contributed by atoms with Crippen LogP contribution in [0.4, 0.5) is 0 Å². The van der Waals surface area contributed by atoms with Gasteiger partial charge < -0.3 is 5.73 Å². The van der Waals surface area contributed by atoms with Crippen LogP contribution < -0.4 is 5.73 Å². The molecule has 2 N–H and O–H groups in total. The fourth-order valence-electron chi connectivity index (χ4n) is 1.38. The first-order chi connectivity index (χ1) is 6.41. The molecule has 0 radical (unpaired) electrons. The van der Waals surface area contributed by atoms with Gasteiger partial charge in [0.1, 0.15) is 0 Å². The Morgan fingerprint density at radius 2 is 1.93 bits per heavy atom. The third kappa shape index (κ3) is 2.82. The Bertz CT molecular complexity index is 410. The Morgan fingerprint density at radius 3 is 2.43 bits per heavy atom. The molecule has 0 saturated carbocycles. The molecule has 1 aromatic carbocycles. The number of hydrogen-bond donors (Lipinski definition) is 1. The molecule has 0 aromatic heterocycles. The standard InChI is InChI=1S/C10H15NO2S/c1-8(11)7-9-5-3-4-6-10(9)14(2,12)13/h3-6,8H,7,11H2,1-2H3/t8-/m0/s1. The molecule has 0 unspecified atom stereocenters. The summed E-state index contributed by atoms with van der Waals surface area (Å²) in [4.78, 5) is 0.386. The molecule has 78 valence electrons. The summed E-state index contributed by atoms with van der Waals surface area (Å²) in [5, 5.41) is 0. The van der Waals surface area contributed by atoms with Crippen molar-refractivity contribution in [3.05, 3.63) is 29.8 Å². The van der Waals surface area contributed by atoms with Crippen molar-refractivity contribution in [3.63, 3.8) is 0 Å². The summed E-state index contributed by atoms with van der Waals surface area (Å²) in [7, 11) is -3.13. The molecular formula is C10H15NO2S. The van der Waals surface area contributed by atoms with Crippen LogP contribution in [0.5, 0.6) is 0 Å². The highest BCUT2D eigenvalue weighted by Gasteiger charge is 2.12. The highest BCUT2D eigenvalue weighted by atomic mass is 32.2. The van der Waals surface area contributed by atoms with Gasteiger partial charge in [-0.25, -0.2) is 8.42 Å². The fraction of sp³-hybridized carbons (Fsp3) is 0.400. The van der Waals surface area contributed by atoms with E-state index in [0.717, 1.165) is 5.56 Å². The van der Waals surface area contributed by atoms with E-state index in [1.807, 2.05) is 13.0 Å². The Hall–Kier alpha value is -0.870. The average Bonchev–Trinajstić information content (AvgIpc) is 2.01. The molecule has 0 aliphatic carbocycles. The van der Waals surface area contributed by atoms with E-state index in [-0.39, 0.29) is 6.04 Å². The maximum absolute atomic E-state index is 11.4. The Balaban J connectivity index is 3.17. The lowest BCUT2D eigenvalue weighted by Crippen LogP contribution is -2.19. The van der Waals surface area contributed by atoms with Crippen molar-refractivity contribution in [1.29, 1.82) is 0 Å². The summed E-state index contributed by atoms with van der Waals surface area (Å²) in [6, 6.07) is 6.94. The minimum absolute atomic E-state index is 0.0297. The summed E-state index contributed by atoms with van der Waals surface area (Å²) in [6.07, 6.45) is 1.80. The van der Waals surface area contributed by atoms with Gasteiger partial charge in [0.2, 0.25) is 0 Å². The molecule has 1 rings (SSSR count). The summed E-state index contributed by atoms with van der Waals surface area (Å²) < 4.78 is 22.8. The molecule has 0 heterocycles. The van der Waals surface area contributed by atoms with E-state index in [9.17, 15) is 8.42 Å². The SMILES string of the molecule is C[C@H](N)Cc1ccccc1S(C)(=O)=O. The van der Waals surface area contributed by atoms with Crippen molar-refractivity contribution in [1.82, 2.24) is 0 Å². The van der Waals surface area contributed by atoms with Crippen LogP contribution in [0.1, 0.15) is 12.5 Å². The molecule has 0 spiro atoms. The zero-order chi connectivity index (χ0) is 10.8. The number of benzene rings is 1. The molecule has 0 amide bonds. The second-order valence-corrected chi connectivity index (χ2v) is 5.55. The predicted octanol–water partition coefficient (Wildman–Crippen LogP) is 0.980. The van der Waals surface area contributed by atoms with Crippen LogP contribution in [0.25, 0.3) is 0 Å². The Labute approximate surface area is 84.9 Å². The number of hydrogen-bond acceptors (Lipinski definition) is 3. The third-order valence-corrected chi connectivity index (χ3v) is 3.11. The van der Waals surface area contributed by atoms with Crippen molar-refractivity contribution in [2.45, 2.75) is 24.3 Å². The smallest absolute Gasteiger partial charge is 0.175 e. The van der Waals surface area contributed by atoms with Crippen molar-refractivity contribution >= 4 is 9.84 Å². The number of sulfone groups is 1. The van der Waals surface area contributed by atoms with Crippen LogP contribution in [0.2, 0.25) is 0 Å². The molecule has 3 nitrogen and oxygen atoms in total. The van der Waals surface area contributed by atoms with Crippen LogP contribution >= 0.6 is 0 Å². The molecule has 0 fully saturated rings. The highest BCUT2D eigenvalue weighted by Crippen LogP contribution is 2.16. The third-order valence-electron chi connectivity index (χ3n) is 1.91. The fourth-order valence-corrected chi connectivity index (χ4v) is 2.33. The zero-order valence-corrected chi connectivity index (χ0v) is 9.21. The van der Waals surface area contributed by atoms with Gasteiger partial charge in [-0.2, -0.15) is 0 Å². The van der Waals surface area contributed by atoms with Gasteiger partial charge in [-0.3, -0.25) is 0 Å². The van der Waals surface area contributed by atoms with Crippen molar-refractivity contribution in [3.8, 4) is 0 Å². The molecule has 1 aromatic rings. The van der Waals surface area contributed by atoms with Crippen molar-refractivity contribution < 1.29 is 8.42 Å². The number of nitrogens with two attached hydrogens (primary N) is 1. The summed E-state index contributed by atoms with van der Waals surface area (Å²) in [5.41, 5.74) is 6.44. The van der Waals surface area contributed by atoms with Gasteiger partial charge in [-0.15, -0.1) is 0 Å². The molecular weight excluding hydrogens is 198 g/mol. The van der Waals surface area contributed by atoms with E-state index in [2.05, 4.69) is 0 Å². The monoisotopic (exact) mass is 213 g/mol. The van der Waals surface area contributed by atoms with Crippen molar-refractivity contribution in [2.24, 2.45) is 5.73 Å². The molecule has 0 aliphatic heterocycles. The van der Waals surface area contributed by atoms with Gasteiger partial charge in [0, 0.05) is 12.3 Å². The Kier molecular flexibility index (Phi) is 3.29. The highest BCUT2D eigenvalue weighted by molar-refractivity contribution is 7.90. The molecule has 0 bridgehead atoms. The van der Waals surface area contributed by atoms with Gasteiger partial charge in [0.05, 0.1) is 4.90 Å². The topological polar surface area (TPSA) is 60.2 Å². The maximum Gasteiger partial charge on any atom is 0.175 e. The lowest BCUT2D eigenvalue weighted by Gasteiger charge is -2.09. The van der Waals surface area contributed by atoms with E-state index in [1.165, 1.54) is 6.26 Å². The first-order valence-corrected chi connectivity index (χ1v) is 6.34. The lowest BCUT2D eigenvalue weighted by molar-refractivity contribution is 0.599. The summed E-state index contributed by atoms with van der Waals surface area (Å²) >= 11 is 0. The van der Waals surface area contributed by atoms with Crippen LogP contribution in [0, 0.1) is 0 Å². The average molecular weight is 213 g/mol. The first-order valence-electron chi connectivity index (χ1n) is 4.45. The van der Waals surface area contributed by atoms with E-state index in [1.54, 1.807) is 18.2 Å². The van der Waals surface area contributed by atoms with Gasteiger partial charge >= 0.3 is 0 Å². The summed E-state index contributed by atoms with van der Waals surface area (Å²) in [6.45, 7) is 1.86. The van der Waals surface area contributed by atoms with E-state index in [4.69, 9.17) is 5.73 Å². The van der Waals surface area contributed by atoms with E-state index in [0.29, 0.717) is 11.3 Å². The van der Waals surface area contributed by atoms with E-state index < -0.39 is 9.84 Å². The second-order valence-electron chi connectivity index (χ2n) is 3.56. The molecule has 0 saturated heterocycles. The van der Waals surface area contributed by atoms with Crippen LogP contribution in [-0.2, 0) is 16.3 Å². The van der Waals surface area contributed by atoms with Crippen LogP contribution in [0.15, 0.2) is 29.2 Å². The minimum Gasteiger partial charge on any atom is -0.328 e. The van der Waals surface area contributed by atoms with Gasteiger partial charge in [0.15, 0.2) is 9.84 Å². The molecule has 1 atom stereocenters. The Morgan fingerprint density at radius 1 is 1.36 bits per heavy atom. The lowest BCUT2D eigenvalue weighted by atomic mass is 10.1. The maximum atomic E-state index is 11.4. The van der Waals surface area contributed by atoms with Gasteiger partial charge in [-0.05, 0) is 25.0 Å². The minimum atomic E-state index is -3.13. The quantitative estimate of drug-likeness (QED) is 0.814. The zero-order valence-electron chi connectivity index (χ0n) is 8.40. The largest absolute Gasteiger partial charge is 0.328 e. The van der Waals surface area contributed by atoms with Gasteiger partial charge in [-0.1, -0.05) is 18.2 Å². The second kappa shape index (κ2) is 4.11. The summed E-state index contributed by atoms with van der Waals surface area (Å²) in [5.74, 6) is 0. The van der Waals surface area contributed by atoms with Crippen molar-refractivity contribution in [2.75, 3.05) is 6.26 Å². The normalized spacial score (nSPS) is 13.9. The molecule has 14 heavy (non-hydrogen) atoms. The van der Waals surface area contributed by atoms with Crippen LogP contribution in [-0.4, -0.2) is 20.7 Å². The first kappa shape index (κ1) is 11.2. The molecule has 4 heteroatoms. The van der Waals surface area contributed by atoms with Crippen LogP contribution in [0.3, 0.4) is 0 Å². The van der Waals surface area contributed by atoms with E-state index >= 15 is 0 Å². The van der Waals surface area contributed by atoms with Gasteiger partial charge in [0.25, 0.3) is 0 Å². The molecule has 0 aliphatic rings. The predicted molar refractivity (Wildman–Crippen MR) is 56.9 cm³/mol.